The lowest BCUT2D eigenvalue weighted by Crippen LogP contribution is -2.33. The highest BCUT2D eigenvalue weighted by Gasteiger charge is 2.33. The molecule has 2 aromatic carbocycles. The molecule has 3 rings (SSSR count). The lowest BCUT2D eigenvalue weighted by atomic mass is 10.1. The Morgan fingerprint density at radius 1 is 1.03 bits per heavy atom. The van der Waals surface area contributed by atoms with E-state index in [0.29, 0.717) is 41.5 Å². The van der Waals surface area contributed by atoms with Crippen LogP contribution in [0, 0.1) is 0 Å². The number of carboxylic acids is 1. The van der Waals surface area contributed by atoms with Crippen molar-refractivity contribution >= 4 is 52.2 Å². The Morgan fingerprint density at radius 3 is 2.31 bits per heavy atom. The summed E-state index contributed by atoms with van der Waals surface area (Å²) in [7, 11) is 0. The summed E-state index contributed by atoms with van der Waals surface area (Å²) in [5.74, 6) is -1.20. The fraction of sp³-hybridized carbons (Fsp3) is 0.400. The van der Waals surface area contributed by atoms with E-state index in [9.17, 15) is 14.4 Å². The molecule has 9 heteroatoms. The van der Waals surface area contributed by atoms with E-state index in [-0.39, 0.29) is 10.2 Å². The van der Waals surface area contributed by atoms with Gasteiger partial charge in [-0.05, 0) is 42.2 Å². The number of thioether (sulfide) groups is 1. The van der Waals surface area contributed by atoms with Gasteiger partial charge in [0.1, 0.15) is 23.2 Å². The molecule has 0 unspecified atom stereocenters. The number of hydrogen-bond donors (Lipinski definition) is 1. The maximum absolute atomic E-state index is 13.9. The van der Waals surface area contributed by atoms with E-state index in [1.165, 1.54) is 0 Å². The summed E-state index contributed by atoms with van der Waals surface area (Å²) in [6.07, 6.45) is 7.74. The monoisotopic (exact) mass is 568 g/mol. The number of rotatable bonds is 15. The molecule has 1 heterocycles. The van der Waals surface area contributed by atoms with Crippen molar-refractivity contribution in [2.75, 3.05) is 19.6 Å². The van der Waals surface area contributed by atoms with Crippen LogP contribution in [0.15, 0.2) is 53.4 Å². The highest BCUT2D eigenvalue weighted by Crippen LogP contribution is 2.33. The van der Waals surface area contributed by atoms with Crippen LogP contribution in [0.4, 0.5) is 0 Å². The molecule has 0 bridgehead atoms. The topological polar surface area (TPSA) is 87.2 Å². The van der Waals surface area contributed by atoms with Gasteiger partial charge in [-0.3, -0.25) is 19.3 Å². The molecular weight excluding hydrogens is 532 g/mol. The predicted molar refractivity (Wildman–Crippen MR) is 160 cm³/mol. The van der Waals surface area contributed by atoms with E-state index in [1.54, 1.807) is 24.3 Å². The van der Waals surface area contributed by atoms with Crippen molar-refractivity contribution in [2.24, 2.45) is 0 Å². The van der Waals surface area contributed by atoms with Gasteiger partial charge in [-0.15, -0.1) is 0 Å². The number of benzene rings is 2. The summed E-state index contributed by atoms with van der Waals surface area (Å²) in [6, 6.07) is 15.1. The zero-order valence-electron chi connectivity index (χ0n) is 22.6. The third-order valence-electron chi connectivity index (χ3n) is 6.29. The fourth-order valence-electron chi connectivity index (χ4n) is 4.18. The molecule has 1 fully saturated rings. The van der Waals surface area contributed by atoms with Crippen molar-refractivity contribution in [3.8, 4) is 5.75 Å². The Morgan fingerprint density at radius 2 is 1.69 bits per heavy atom. The molecule has 0 saturated carbocycles. The molecule has 2 aromatic rings. The van der Waals surface area contributed by atoms with E-state index in [1.807, 2.05) is 35.2 Å². The largest absolute Gasteiger partial charge is 0.488 e. The minimum absolute atomic E-state index is 0.0982. The first-order valence-electron chi connectivity index (χ1n) is 13.4. The van der Waals surface area contributed by atoms with Crippen molar-refractivity contribution < 1.29 is 24.2 Å². The number of thiocarbonyl (C=S) groups is 1. The molecule has 1 aliphatic heterocycles. The van der Waals surface area contributed by atoms with Gasteiger partial charge in [0.25, 0.3) is 11.8 Å². The van der Waals surface area contributed by atoms with Gasteiger partial charge in [-0.2, -0.15) is 0 Å². The summed E-state index contributed by atoms with van der Waals surface area (Å²) in [4.78, 5) is 41.1. The van der Waals surface area contributed by atoms with Crippen molar-refractivity contribution in [2.45, 2.75) is 59.0 Å². The Hall–Kier alpha value is -3.17. The van der Waals surface area contributed by atoms with E-state index in [0.717, 1.165) is 60.8 Å². The third kappa shape index (κ3) is 8.93. The third-order valence-corrected chi connectivity index (χ3v) is 7.66. The number of hydrogen-bond acceptors (Lipinski definition) is 6. The molecule has 2 amide bonds. The van der Waals surface area contributed by atoms with E-state index >= 15 is 0 Å². The number of nitrogens with zero attached hydrogens (tertiary/aromatic N) is 2. The summed E-state index contributed by atoms with van der Waals surface area (Å²) in [5, 5.41) is 9.11. The minimum Gasteiger partial charge on any atom is -0.488 e. The van der Waals surface area contributed by atoms with E-state index in [4.69, 9.17) is 22.1 Å². The van der Waals surface area contributed by atoms with Crippen molar-refractivity contribution in [1.82, 2.24) is 9.80 Å². The number of ether oxygens (including phenoxy) is 1. The van der Waals surface area contributed by atoms with Crippen LogP contribution in [0.1, 0.15) is 73.9 Å². The van der Waals surface area contributed by atoms with Gasteiger partial charge in [-0.1, -0.05) is 99.9 Å². The Bertz CT molecular complexity index is 1190. The predicted octanol–water partition coefficient (Wildman–Crippen LogP) is 6.37. The summed E-state index contributed by atoms with van der Waals surface area (Å²) in [6.45, 7) is 5.46. The average Bonchev–Trinajstić information content (AvgIpc) is 3.18. The SMILES string of the molecule is CCCCCN(CCCCC)C(=O)c1cc(/C=C2\SC(=S)N(CC(=O)O)C2=O)ccc1OCc1ccccc1. The number of amides is 2. The van der Waals surface area contributed by atoms with Crippen LogP contribution in [0.3, 0.4) is 0 Å². The second kappa shape index (κ2) is 15.4. The maximum atomic E-state index is 13.9. The lowest BCUT2D eigenvalue weighted by Gasteiger charge is -2.24. The van der Waals surface area contributed by atoms with Crippen molar-refractivity contribution in [3.05, 3.63) is 70.1 Å². The molecule has 208 valence electrons. The fourth-order valence-corrected chi connectivity index (χ4v) is 5.43. The number of aliphatic carboxylic acids is 1. The van der Waals surface area contributed by atoms with Gasteiger partial charge in [0, 0.05) is 13.1 Å². The molecule has 0 aliphatic carbocycles. The number of carboxylic acid groups (broad SMARTS) is 1. The van der Waals surface area contributed by atoms with Crippen molar-refractivity contribution in [3.63, 3.8) is 0 Å². The molecule has 1 aliphatic rings. The maximum Gasteiger partial charge on any atom is 0.323 e. The Labute approximate surface area is 240 Å². The van der Waals surface area contributed by atoms with E-state index < -0.39 is 18.4 Å². The molecule has 0 aromatic heterocycles. The molecule has 1 N–H and O–H groups in total. The molecule has 0 radical (unpaired) electrons. The van der Waals surface area contributed by atoms with Crippen LogP contribution in [-0.2, 0) is 16.2 Å². The van der Waals surface area contributed by atoms with Gasteiger partial charge in [-0.25, -0.2) is 0 Å². The van der Waals surface area contributed by atoms with Crippen LogP contribution in [-0.4, -0.2) is 56.6 Å². The number of carbonyl (C=O) groups is 3. The van der Waals surface area contributed by atoms with Crippen LogP contribution >= 0.6 is 24.0 Å². The second-order valence-electron chi connectivity index (χ2n) is 9.40. The quantitative estimate of drug-likeness (QED) is 0.152. The highest BCUT2D eigenvalue weighted by atomic mass is 32.2. The normalized spacial score (nSPS) is 14.2. The van der Waals surface area contributed by atoms with E-state index in [2.05, 4.69) is 13.8 Å². The molecular formula is C30H36N2O5S2. The number of carbonyl (C=O) groups excluding carboxylic acids is 2. The minimum atomic E-state index is -1.13. The van der Waals surface area contributed by atoms with Crippen LogP contribution in [0.5, 0.6) is 5.75 Å². The zero-order valence-corrected chi connectivity index (χ0v) is 24.2. The second-order valence-corrected chi connectivity index (χ2v) is 11.1. The van der Waals surface area contributed by atoms with Crippen LogP contribution in [0.2, 0.25) is 0 Å². The Balaban J connectivity index is 1.93. The first kappa shape index (κ1) is 30.4. The highest BCUT2D eigenvalue weighted by molar-refractivity contribution is 8.26. The molecule has 7 nitrogen and oxygen atoms in total. The zero-order chi connectivity index (χ0) is 28.2. The van der Waals surface area contributed by atoms with Gasteiger partial charge < -0.3 is 14.7 Å². The summed E-state index contributed by atoms with van der Waals surface area (Å²) >= 11 is 6.27. The summed E-state index contributed by atoms with van der Waals surface area (Å²) < 4.78 is 6.33. The smallest absolute Gasteiger partial charge is 0.323 e. The van der Waals surface area contributed by atoms with Gasteiger partial charge in [0.05, 0.1) is 10.5 Å². The standard InChI is InChI=1S/C30H36N2O5S2/c1-3-5-10-16-31(17-11-6-4-2)28(35)24-18-23(14-15-25(24)37-21-22-12-8-7-9-13-22)19-26-29(36)32(20-27(33)34)30(38)39-26/h7-9,12-15,18-19H,3-6,10-11,16-17,20-21H2,1-2H3,(H,33,34)/b26-19-. The van der Waals surface area contributed by atoms with Crippen molar-refractivity contribution in [1.29, 1.82) is 0 Å². The first-order valence-corrected chi connectivity index (χ1v) is 14.6. The molecule has 0 atom stereocenters. The number of unbranched alkanes of at least 4 members (excludes halogenated alkanes) is 4. The Kier molecular flexibility index (Phi) is 12.0. The summed E-state index contributed by atoms with van der Waals surface area (Å²) in [5.41, 5.74) is 2.07. The lowest BCUT2D eigenvalue weighted by molar-refractivity contribution is -0.140. The van der Waals surface area contributed by atoms with Gasteiger partial charge in [0.2, 0.25) is 0 Å². The van der Waals surface area contributed by atoms with Gasteiger partial charge >= 0.3 is 5.97 Å². The average molecular weight is 569 g/mol. The van der Waals surface area contributed by atoms with Crippen LogP contribution in [0.25, 0.3) is 6.08 Å². The molecule has 39 heavy (non-hydrogen) atoms. The van der Waals surface area contributed by atoms with Gasteiger partial charge in [0.15, 0.2) is 0 Å². The molecule has 0 spiro atoms. The first-order chi connectivity index (χ1) is 18.8. The molecule has 1 saturated heterocycles. The van der Waals surface area contributed by atoms with Crippen LogP contribution < -0.4 is 4.74 Å².